The van der Waals surface area contributed by atoms with Crippen LogP contribution in [0, 0.1) is 6.92 Å². The van der Waals surface area contributed by atoms with Gasteiger partial charge in [0.15, 0.2) is 0 Å². The first kappa shape index (κ1) is 7.06. The third kappa shape index (κ3) is 1.47. The van der Waals surface area contributed by atoms with Gasteiger partial charge in [-0.15, -0.1) is 0 Å². The fourth-order valence-corrected chi connectivity index (χ4v) is 0.741. The summed E-state index contributed by atoms with van der Waals surface area (Å²) in [6, 6.07) is 3.47. The molecule has 0 bridgehead atoms. The summed E-state index contributed by atoms with van der Waals surface area (Å²) in [6.45, 7) is 5.78. The first-order valence-corrected chi connectivity index (χ1v) is 3.18. The first-order chi connectivity index (χ1) is 4.70. The number of aromatic hydroxyl groups is 1. The maximum absolute atomic E-state index is 8.92. The minimum atomic E-state index is 0.0630. The monoisotopic (exact) mass is 136 g/mol. The molecule has 0 aliphatic heterocycles. The van der Waals surface area contributed by atoms with Crippen molar-refractivity contribution >= 4 is 0 Å². The Kier molecular flexibility index (Phi) is 1.90. The minimum absolute atomic E-state index is 0.0630. The topological polar surface area (TPSA) is 33.1 Å². The SMILES string of the molecule is [CH2]C(C)c1ccnc(O)c1. The summed E-state index contributed by atoms with van der Waals surface area (Å²) in [5.74, 6) is 0.266. The van der Waals surface area contributed by atoms with E-state index in [2.05, 4.69) is 11.9 Å². The van der Waals surface area contributed by atoms with E-state index in [1.54, 1.807) is 12.3 Å². The van der Waals surface area contributed by atoms with Crippen LogP contribution >= 0.6 is 0 Å². The average Bonchev–Trinajstić information content (AvgIpc) is 1.88. The van der Waals surface area contributed by atoms with E-state index in [-0.39, 0.29) is 11.8 Å². The van der Waals surface area contributed by atoms with Gasteiger partial charge in [-0.2, -0.15) is 0 Å². The third-order valence-electron chi connectivity index (χ3n) is 1.34. The van der Waals surface area contributed by atoms with Crippen molar-refractivity contribution in [3.8, 4) is 5.88 Å². The molecule has 0 saturated carbocycles. The summed E-state index contributed by atoms with van der Waals surface area (Å²) in [4.78, 5) is 3.65. The van der Waals surface area contributed by atoms with E-state index in [0.717, 1.165) is 5.56 Å². The molecule has 1 heterocycles. The lowest BCUT2D eigenvalue weighted by Gasteiger charge is -2.02. The van der Waals surface area contributed by atoms with Gasteiger partial charge in [0.1, 0.15) is 0 Å². The van der Waals surface area contributed by atoms with Gasteiger partial charge in [0.2, 0.25) is 5.88 Å². The van der Waals surface area contributed by atoms with Crippen LogP contribution in [0.1, 0.15) is 18.4 Å². The molecule has 1 aromatic rings. The summed E-state index contributed by atoms with van der Waals surface area (Å²) in [6.07, 6.45) is 1.58. The molecule has 1 rings (SSSR count). The van der Waals surface area contributed by atoms with Gasteiger partial charge in [-0.3, -0.25) is 0 Å². The van der Waals surface area contributed by atoms with Crippen LogP contribution in [-0.4, -0.2) is 10.1 Å². The summed E-state index contributed by atoms with van der Waals surface area (Å²) in [5.41, 5.74) is 1.01. The Balaban J connectivity index is 2.96. The molecule has 1 aromatic heterocycles. The van der Waals surface area contributed by atoms with E-state index in [9.17, 15) is 0 Å². The Morgan fingerprint density at radius 3 is 2.80 bits per heavy atom. The highest BCUT2D eigenvalue weighted by molar-refractivity contribution is 5.22. The number of hydrogen-bond donors (Lipinski definition) is 1. The highest BCUT2D eigenvalue weighted by Crippen LogP contribution is 2.15. The summed E-state index contributed by atoms with van der Waals surface area (Å²) >= 11 is 0. The molecule has 2 heteroatoms. The highest BCUT2D eigenvalue weighted by Gasteiger charge is 1.98. The predicted molar refractivity (Wildman–Crippen MR) is 39.7 cm³/mol. The largest absolute Gasteiger partial charge is 0.493 e. The number of hydrogen-bond acceptors (Lipinski definition) is 2. The van der Waals surface area contributed by atoms with Gasteiger partial charge in [0, 0.05) is 12.3 Å². The standard InChI is InChI=1S/C8H10NO/c1-6(2)7-3-4-9-8(10)5-7/h3-6H,1H2,2H3,(H,9,10). The van der Waals surface area contributed by atoms with Crippen molar-refractivity contribution in [2.45, 2.75) is 12.8 Å². The van der Waals surface area contributed by atoms with Crippen LogP contribution in [0.15, 0.2) is 18.3 Å². The van der Waals surface area contributed by atoms with Gasteiger partial charge in [0.05, 0.1) is 0 Å². The van der Waals surface area contributed by atoms with Crippen molar-refractivity contribution in [3.63, 3.8) is 0 Å². The number of pyridine rings is 1. The van der Waals surface area contributed by atoms with E-state index < -0.39 is 0 Å². The quantitative estimate of drug-likeness (QED) is 0.637. The van der Waals surface area contributed by atoms with Crippen LogP contribution in [0.25, 0.3) is 0 Å². The molecular weight excluding hydrogens is 126 g/mol. The molecule has 2 nitrogen and oxygen atoms in total. The maximum atomic E-state index is 8.92. The van der Waals surface area contributed by atoms with Crippen molar-refractivity contribution in [1.29, 1.82) is 0 Å². The van der Waals surface area contributed by atoms with Crippen LogP contribution in [0.2, 0.25) is 0 Å². The summed E-state index contributed by atoms with van der Waals surface area (Å²) < 4.78 is 0. The third-order valence-corrected chi connectivity index (χ3v) is 1.34. The molecule has 1 unspecified atom stereocenters. The van der Waals surface area contributed by atoms with Gasteiger partial charge in [-0.05, 0) is 24.5 Å². The van der Waals surface area contributed by atoms with Crippen molar-refractivity contribution in [2.75, 3.05) is 0 Å². The normalized spacial score (nSPS) is 10.3. The zero-order valence-corrected chi connectivity index (χ0v) is 5.91. The van der Waals surface area contributed by atoms with Gasteiger partial charge >= 0.3 is 0 Å². The second-order valence-electron chi connectivity index (χ2n) is 2.35. The molecule has 53 valence electrons. The van der Waals surface area contributed by atoms with E-state index in [4.69, 9.17) is 5.11 Å². The molecule has 1 radical (unpaired) electrons. The van der Waals surface area contributed by atoms with Crippen molar-refractivity contribution in [1.82, 2.24) is 4.98 Å². The molecule has 0 aromatic carbocycles. The molecule has 0 aliphatic rings. The molecule has 0 amide bonds. The number of rotatable bonds is 1. The van der Waals surface area contributed by atoms with E-state index in [1.807, 2.05) is 13.0 Å². The fourth-order valence-electron chi connectivity index (χ4n) is 0.741. The lowest BCUT2D eigenvalue weighted by Crippen LogP contribution is -1.86. The van der Waals surface area contributed by atoms with Crippen molar-refractivity contribution < 1.29 is 5.11 Å². The highest BCUT2D eigenvalue weighted by atomic mass is 16.3. The lowest BCUT2D eigenvalue weighted by molar-refractivity contribution is 0.452. The smallest absolute Gasteiger partial charge is 0.210 e. The van der Waals surface area contributed by atoms with Crippen LogP contribution < -0.4 is 0 Å². The first-order valence-electron chi connectivity index (χ1n) is 3.18. The second kappa shape index (κ2) is 2.69. The fraction of sp³-hybridized carbons (Fsp3) is 0.250. The average molecular weight is 136 g/mol. The van der Waals surface area contributed by atoms with Crippen LogP contribution in [0.3, 0.4) is 0 Å². The van der Waals surface area contributed by atoms with Gasteiger partial charge in [0.25, 0.3) is 0 Å². The Hall–Kier alpha value is -1.05. The van der Waals surface area contributed by atoms with E-state index in [1.165, 1.54) is 0 Å². The summed E-state index contributed by atoms with van der Waals surface area (Å²) in [5, 5.41) is 8.92. The lowest BCUT2D eigenvalue weighted by atomic mass is 10.1. The van der Waals surface area contributed by atoms with Crippen LogP contribution in [0.4, 0.5) is 0 Å². The molecule has 1 atom stereocenters. The Morgan fingerprint density at radius 1 is 1.70 bits per heavy atom. The minimum Gasteiger partial charge on any atom is -0.493 e. The Labute approximate surface area is 60.5 Å². The molecular formula is C8H10NO. The van der Waals surface area contributed by atoms with Crippen molar-refractivity contribution in [2.24, 2.45) is 0 Å². The van der Waals surface area contributed by atoms with Crippen molar-refractivity contribution in [3.05, 3.63) is 30.8 Å². The van der Waals surface area contributed by atoms with Crippen LogP contribution in [0.5, 0.6) is 5.88 Å². The molecule has 0 fully saturated rings. The molecule has 10 heavy (non-hydrogen) atoms. The van der Waals surface area contributed by atoms with Gasteiger partial charge in [-0.25, -0.2) is 4.98 Å². The molecule has 0 spiro atoms. The zero-order chi connectivity index (χ0) is 7.56. The van der Waals surface area contributed by atoms with E-state index in [0.29, 0.717) is 0 Å². The second-order valence-corrected chi connectivity index (χ2v) is 2.35. The van der Waals surface area contributed by atoms with Gasteiger partial charge < -0.3 is 5.11 Å². The van der Waals surface area contributed by atoms with Gasteiger partial charge in [-0.1, -0.05) is 6.92 Å². The van der Waals surface area contributed by atoms with Crippen LogP contribution in [-0.2, 0) is 0 Å². The zero-order valence-electron chi connectivity index (χ0n) is 5.91. The Bertz CT molecular complexity index is 220. The molecule has 0 aliphatic carbocycles. The van der Waals surface area contributed by atoms with E-state index >= 15 is 0 Å². The number of nitrogens with zero attached hydrogens (tertiary/aromatic N) is 1. The predicted octanol–water partition coefficient (Wildman–Crippen LogP) is 1.72. The molecule has 0 saturated heterocycles. The molecule has 1 N–H and O–H groups in total. The summed E-state index contributed by atoms with van der Waals surface area (Å²) in [7, 11) is 0. The Morgan fingerprint density at radius 2 is 2.40 bits per heavy atom. The number of aromatic nitrogens is 1. The maximum Gasteiger partial charge on any atom is 0.210 e.